The van der Waals surface area contributed by atoms with E-state index in [-0.39, 0.29) is 28.3 Å². The van der Waals surface area contributed by atoms with Gasteiger partial charge < -0.3 is 19.6 Å². The summed E-state index contributed by atoms with van der Waals surface area (Å²) in [5.74, 6) is -0.714. The Labute approximate surface area is 225 Å². The highest BCUT2D eigenvalue weighted by molar-refractivity contribution is 6.32. The molecule has 9 nitrogen and oxygen atoms in total. The van der Waals surface area contributed by atoms with Crippen molar-refractivity contribution in [1.29, 1.82) is 0 Å². The second-order valence-corrected chi connectivity index (χ2v) is 10.3. The zero-order chi connectivity index (χ0) is 27.4. The van der Waals surface area contributed by atoms with Crippen molar-refractivity contribution >= 4 is 46.5 Å². The summed E-state index contributed by atoms with van der Waals surface area (Å²) in [7, 11) is 0. The number of amides is 3. The number of nitrogens with one attached hydrogen (secondary N) is 1. The van der Waals surface area contributed by atoms with Gasteiger partial charge in [0.2, 0.25) is 0 Å². The monoisotopic (exact) mass is 536 g/mol. The Morgan fingerprint density at radius 3 is 2.29 bits per heavy atom. The van der Waals surface area contributed by atoms with Crippen molar-refractivity contribution in [3.8, 4) is 5.75 Å². The first kappa shape index (κ1) is 26.9. The van der Waals surface area contributed by atoms with E-state index < -0.39 is 11.5 Å². The van der Waals surface area contributed by atoms with E-state index in [2.05, 4.69) is 10.5 Å². The topological polar surface area (TPSA) is 112 Å². The van der Waals surface area contributed by atoms with Crippen LogP contribution in [-0.2, 0) is 4.74 Å². The molecule has 0 saturated carbocycles. The van der Waals surface area contributed by atoms with Crippen LogP contribution < -0.4 is 5.43 Å². The van der Waals surface area contributed by atoms with Gasteiger partial charge in [0.15, 0.2) is 0 Å². The van der Waals surface area contributed by atoms with Gasteiger partial charge in [0.25, 0.3) is 11.8 Å². The molecule has 1 fully saturated rings. The highest BCUT2D eigenvalue weighted by Gasteiger charge is 2.28. The third-order valence-electron chi connectivity index (χ3n) is 5.99. The van der Waals surface area contributed by atoms with Gasteiger partial charge in [-0.3, -0.25) is 9.59 Å². The molecular weight excluding hydrogens is 508 g/mol. The van der Waals surface area contributed by atoms with E-state index in [1.54, 1.807) is 21.9 Å². The molecule has 198 valence electrons. The molecule has 1 aliphatic rings. The van der Waals surface area contributed by atoms with Crippen LogP contribution in [0.1, 0.15) is 47.1 Å². The SMILES string of the molecule is CC(C)(C)OC(=O)N1CCN(C(=O)c2ccc(/C=N/NC(=O)c3ccc(O)c(Cl)c3)c3ccccc23)CC1. The number of carbonyl (C=O) groups excluding carboxylic acids is 3. The third-order valence-corrected chi connectivity index (χ3v) is 6.29. The third kappa shape index (κ3) is 6.23. The van der Waals surface area contributed by atoms with Crippen LogP contribution in [0.3, 0.4) is 0 Å². The van der Waals surface area contributed by atoms with Crippen LogP contribution in [0.5, 0.6) is 5.75 Å². The van der Waals surface area contributed by atoms with Crippen molar-refractivity contribution in [3.63, 3.8) is 0 Å². The lowest BCUT2D eigenvalue weighted by Gasteiger charge is -2.35. The van der Waals surface area contributed by atoms with Crippen molar-refractivity contribution < 1.29 is 24.2 Å². The molecule has 1 heterocycles. The lowest BCUT2D eigenvalue weighted by molar-refractivity contribution is 0.0141. The number of piperazine rings is 1. The minimum atomic E-state index is -0.573. The van der Waals surface area contributed by atoms with E-state index in [1.807, 2.05) is 45.0 Å². The largest absolute Gasteiger partial charge is 0.506 e. The van der Waals surface area contributed by atoms with Crippen molar-refractivity contribution in [3.05, 3.63) is 76.3 Å². The maximum absolute atomic E-state index is 13.4. The molecule has 2 N–H and O–H groups in total. The fraction of sp³-hybridized carbons (Fsp3) is 0.286. The number of phenols is 1. The van der Waals surface area contributed by atoms with Gasteiger partial charge in [-0.05, 0) is 55.8 Å². The number of hydrogen-bond acceptors (Lipinski definition) is 6. The molecule has 0 aliphatic carbocycles. The number of hydrogen-bond donors (Lipinski definition) is 2. The molecule has 38 heavy (non-hydrogen) atoms. The maximum Gasteiger partial charge on any atom is 0.410 e. The molecule has 0 bridgehead atoms. The number of phenolic OH excluding ortho intramolecular Hbond substituents is 1. The number of benzene rings is 3. The van der Waals surface area contributed by atoms with Gasteiger partial charge in [0.05, 0.1) is 11.2 Å². The zero-order valence-electron chi connectivity index (χ0n) is 21.4. The minimum absolute atomic E-state index is 0.0686. The number of ether oxygens (including phenoxy) is 1. The average molecular weight is 537 g/mol. The first-order valence-corrected chi connectivity index (χ1v) is 12.5. The lowest BCUT2D eigenvalue weighted by atomic mass is 9.99. The van der Waals surface area contributed by atoms with Gasteiger partial charge in [0.1, 0.15) is 11.4 Å². The highest BCUT2D eigenvalue weighted by Crippen LogP contribution is 2.25. The molecule has 3 aromatic carbocycles. The summed E-state index contributed by atoms with van der Waals surface area (Å²) in [5, 5.41) is 15.2. The van der Waals surface area contributed by atoms with E-state index in [4.69, 9.17) is 16.3 Å². The first-order chi connectivity index (χ1) is 18.0. The molecule has 4 rings (SSSR count). The van der Waals surface area contributed by atoms with Gasteiger partial charge in [-0.25, -0.2) is 10.2 Å². The van der Waals surface area contributed by atoms with Gasteiger partial charge in [-0.15, -0.1) is 0 Å². The van der Waals surface area contributed by atoms with Crippen LogP contribution in [0.25, 0.3) is 10.8 Å². The Bertz CT molecular complexity index is 1410. The predicted molar refractivity (Wildman–Crippen MR) is 146 cm³/mol. The molecule has 0 unspecified atom stereocenters. The fourth-order valence-electron chi connectivity index (χ4n) is 4.08. The van der Waals surface area contributed by atoms with Crippen LogP contribution in [-0.4, -0.2) is 70.8 Å². The molecule has 0 spiro atoms. The smallest absolute Gasteiger partial charge is 0.410 e. The van der Waals surface area contributed by atoms with E-state index in [1.165, 1.54) is 24.4 Å². The second-order valence-electron chi connectivity index (χ2n) is 9.87. The number of nitrogens with zero attached hydrogens (tertiary/aromatic N) is 3. The number of halogens is 1. The summed E-state index contributed by atoms with van der Waals surface area (Å²) in [6, 6.07) is 15.1. The Balaban J connectivity index is 1.46. The van der Waals surface area contributed by atoms with Crippen molar-refractivity contribution in [2.45, 2.75) is 26.4 Å². The van der Waals surface area contributed by atoms with E-state index in [9.17, 15) is 19.5 Å². The summed E-state index contributed by atoms with van der Waals surface area (Å²) in [4.78, 5) is 41.5. The Morgan fingerprint density at radius 1 is 0.974 bits per heavy atom. The zero-order valence-corrected chi connectivity index (χ0v) is 22.2. The minimum Gasteiger partial charge on any atom is -0.506 e. The van der Waals surface area contributed by atoms with Crippen molar-refractivity contribution in [2.75, 3.05) is 26.2 Å². The molecule has 1 saturated heterocycles. The number of hydrazone groups is 1. The highest BCUT2D eigenvalue weighted by atomic mass is 35.5. The molecular formula is C28H29ClN4O5. The maximum atomic E-state index is 13.4. The first-order valence-electron chi connectivity index (χ1n) is 12.1. The lowest BCUT2D eigenvalue weighted by Crippen LogP contribution is -2.51. The number of fused-ring (bicyclic) bond motifs is 1. The number of carbonyl (C=O) groups is 3. The summed E-state index contributed by atoms with van der Waals surface area (Å²) < 4.78 is 5.44. The number of aromatic hydroxyl groups is 1. The molecule has 0 atom stereocenters. The van der Waals surface area contributed by atoms with E-state index in [0.717, 1.165) is 16.3 Å². The van der Waals surface area contributed by atoms with Crippen LogP contribution >= 0.6 is 11.6 Å². The Morgan fingerprint density at radius 2 is 1.63 bits per heavy atom. The summed E-state index contributed by atoms with van der Waals surface area (Å²) in [6.45, 7) is 7.08. The van der Waals surface area contributed by atoms with Gasteiger partial charge in [0, 0.05) is 42.9 Å². The summed E-state index contributed by atoms with van der Waals surface area (Å²) in [6.07, 6.45) is 1.13. The van der Waals surface area contributed by atoms with Gasteiger partial charge in [-0.2, -0.15) is 5.10 Å². The molecule has 3 aromatic rings. The predicted octanol–water partition coefficient (Wildman–Crippen LogP) is 4.66. The van der Waals surface area contributed by atoms with Crippen molar-refractivity contribution in [1.82, 2.24) is 15.2 Å². The Kier molecular flexibility index (Phi) is 7.87. The molecule has 3 amide bonds. The Hall–Kier alpha value is -4.11. The van der Waals surface area contributed by atoms with E-state index in [0.29, 0.717) is 31.7 Å². The van der Waals surface area contributed by atoms with Crippen molar-refractivity contribution in [2.24, 2.45) is 5.10 Å². The molecule has 10 heteroatoms. The second kappa shape index (κ2) is 11.1. The fourth-order valence-corrected chi connectivity index (χ4v) is 4.26. The van der Waals surface area contributed by atoms with Gasteiger partial charge >= 0.3 is 6.09 Å². The van der Waals surface area contributed by atoms with Gasteiger partial charge in [-0.1, -0.05) is 41.9 Å². The molecule has 1 aliphatic heterocycles. The van der Waals surface area contributed by atoms with Crippen LogP contribution in [0.4, 0.5) is 4.79 Å². The van der Waals surface area contributed by atoms with Crippen LogP contribution in [0.15, 0.2) is 59.7 Å². The summed E-state index contributed by atoms with van der Waals surface area (Å²) in [5.41, 5.74) is 3.39. The van der Waals surface area contributed by atoms with Crippen LogP contribution in [0.2, 0.25) is 5.02 Å². The number of rotatable bonds is 4. The summed E-state index contributed by atoms with van der Waals surface area (Å²) >= 11 is 5.87. The standard InChI is InChI=1S/C28H29ClN4O5/c1-28(2,3)38-27(37)33-14-12-32(13-15-33)26(36)22-10-8-19(20-6-4-5-7-21(20)22)17-30-31-25(35)18-9-11-24(34)23(29)16-18/h4-11,16-17,34H,12-15H2,1-3H3,(H,31,35)/b30-17+. The normalized spacial score (nSPS) is 14.1. The quantitative estimate of drug-likeness (QED) is 0.372. The van der Waals surface area contributed by atoms with Crippen LogP contribution in [0, 0.1) is 0 Å². The molecule has 0 radical (unpaired) electrons. The van der Waals surface area contributed by atoms with E-state index >= 15 is 0 Å². The molecule has 0 aromatic heterocycles. The average Bonchev–Trinajstić information content (AvgIpc) is 2.89.